The number of fused-ring (bicyclic) bond motifs is 1. The fraction of sp³-hybridized carbons (Fsp3) is 0.500. The molecule has 0 fully saturated rings. The van der Waals surface area contributed by atoms with Crippen LogP contribution in [-0.2, 0) is 0 Å². The molecule has 2 rings (SSSR count). The van der Waals surface area contributed by atoms with Gasteiger partial charge >= 0.3 is 0 Å². The van der Waals surface area contributed by atoms with Gasteiger partial charge in [0.1, 0.15) is 11.0 Å². The number of nitrogens with zero attached hydrogens (tertiary/aromatic N) is 3. The van der Waals surface area contributed by atoms with E-state index in [9.17, 15) is 0 Å². The molecule has 2 heterocycles. The topological polar surface area (TPSA) is 88.3 Å². The minimum atomic E-state index is 0. The molecule has 0 spiro atoms. The Morgan fingerprint density at radius 1 is 1.39 bits per heavy atom. The van der Waals surface area contributed by atoms with Gasteiger partial charge in [-0.2, -0.15) is 5.10 Å². The molecule has 0 amide bonds. The summed E-state index contributed by atoms with van der Waals surface area (Å²) in [6, 6.07) is 2.05. The third-order valence-corrected chi connectivity index (χ3v) is 2.64. The van der Waals surface area contributed by atoms with E-state index in [4.69, 9.17) is 0 Å². The molecular formula is C12H21N5O. The Morgan fingerprint density at radius 3 is 2.89 bits per heavy atom. The van der Waals surface area contributed by atoms with Crippen molar-refractivity contribution in [2.24, 2.45) is 0 Å². The number of nitrogens with one attached hydrogen (secondary N) is 2. The normalized spacial score (nSPS) is 10.7. The van der Waals surface area contributed by atoms with Gasteiger partial charge in [-0.05, 0) is 40.1 Å². The molecule has 0 unspecified atom stereocenters. The molecule has 0 aromatic carbocycles. The molecule has 0 atom stereocenters. The second kappa shape index (κ2) is 6.32. The number of anilines is 1. The third-order valence-electron chi connectivity index (χ3n) is 2.64. The maximum absolute atomic E-state index is 4.41. The molecule has 2 aromatic rings. The summed E-state index contributed by atoms with van der Waals surface area (Å²) in [5.41, 5.74) is 4.00. The number of rotatable bonds is 5. The summed E-state index contributed by atoms with van der Waals surface area (Å²) in [6.07, 6.45) is 2.87. The first-order valence-electron chi connectivity index (χ1n) is 5.86. The van der Waals surface area contributed by atoms with Gasteiger partial charge in [0.15, 0.2) is 0 Å². The number of aromatic amines is 1. The van der Waals surface area contributed by atoms with Gasteiger partial charge in [0, 0.05) is 12.2 Å². The molecule has 0 aliphatic carbocycles. The maximum atomic E-state index is 4.41. The van der Waals surface area contributed by atoms with Crippen molar-refractivity contribution in [3.05, 3.63) is 18.0 Å². The van der Waals surface area contributed by atoms with Gasteiger partial charge in [0.2, 0.25) is 0 Å². The van der Waals surface area contributed by atoms with Crippen molar-refractivity contribution < 1.29 is 5.48 Å². The molecule has 6 heteroatoms. The molecule has 0 aliphatic rings. The number of pyridine rings is 1. The lowest BCUT2D eigenvalue weighted by Crippen LogP contribution is -2.16. The van der Waals surface area contributed by atoms with Crippen LogP contribution in [0.1, 0.15) is 12.1 Å². The van der Waals surface area contributed by atoms with Crippen molar-refractivity contribution in [3.63, 3.8) is 0 Å². The van der Waals surface area contributed by atoms with Crippen LogP contribution in [-0.4, -0.2) is 52.7 Å². The van der Waals surface area contributed by atoms with Crippen molar-refractivity contribution >= 4 is 16.7 Å². The van der Waals surface area contributed by atoms with Crippen molar-refractivity contribution in [2.45, 2.75) is 13.3 Å². The first-order valence-corrected chi connectivity index (χ1v) is 5.86. The Bertz CT molecular complexity index is 494. The molecule has 0 aliphatic heterocycles. The molecule has 0 saturated heterocycles. The summed E-state index contributed by atoms with van der Waals surface area (Å²) in [5, 5.41) is 10.4. The Balaban J connectivity index is 0.00000162. The fourth-order valence-electron chi connectivity index (χ4n) is 1.82. The monoisotopic (exact) mass is 251 g/mol. The second-order valence-corrected chi connectivity index (χ2v) is 4.53. The molecule has 0 radical (unpaired) electrons. The summed E-state index contributed by atoms with van der Waals surface area (Å²) >= 11 is 0. The summed E-state index contributed by atoms with van der Waals surface area (Å²) < 4.78 is 0. The lowest BCUT2D eigenvalue weighted by molar-refractivity contribution is 0.405. The minimum Gasteiger partial charge on any atom is -0.412 e. The lowest BCUT2D eigenvalue weighted by Gasteiger charge is -2.11. The Kier molecular flexibility index (Phi) is 5.06. The highest BCUT2D eigenvalue weighted by atomic mass is 16.0. The maximum Gasteiger partial charge on any atom is 0.110 e. The molecular weight excluding hydrogens is 230 g/mol. The zero-order valence-corrected chi connectivity index (χ0v) is 11.1. The molecule has 18 heavy (non-hydrogen) atoms. The van der Waals surface area contributed by atoms with Crippen LogP contribution in [0, 0.1) is 6.92 Å². The van der Waals surface area contributed by atoms with Crippen molar-refractivity contribution in [1.82, 2.24) is 20.1 Å². The van der Waals surface area contributed by atoms with Crippen LogP contribution in [0.15, 0.2) is 12.3 Å². The van der Waals surface area contributed by atoms with Crippen LogP contribution >= 0.6 is 0 Å². The van der Waals surface area contributed by atoms with Crippen LogP contribution in [0.25, 0.3) is 11.0 Å². The molecule has 4 N–H and O–H groups in total. The van der Waals surface area contributed by atoms with Gasteiger partial charge in [0.05, 0.1) is 11.9 Å². The second-order valence-electron chi connectivity index (χ2n) is 4.53. The summed E-state index contributed by atoms with van der Waals surface area (Å²) in [7, 11) is 4.17. The van der Waals surface area contributed by atoms with E-state index < -0.39 is 0 Å². The standard InChI is InChI=1S/C12H19N5.H2O/c1-9-7-10(13-5-4-6-17(2)3)12-11(15-9)8-14-16-12;/h7-8H,4-6H2,1-3H3,(H,13,15)(H,14,16);1H2. The van der Waals surface area contributed by atoms with Gasteiger partial charge in [-0.25, -0.2) is 4.98 Å². The van der Waals surface area contributed by atoms with Crippen LogP contribution in [0.5, 0.6) is 0 Å². The van der Waals surface area contributed by atoms with Gasteiger partial charge in [-0.1, -0.05) is 0 Å². The first kappa shape index (κ1) is 14.4. The van der Waals surface area contributed by atoms with Crippen LogP contribution in [0.2, 0.25) is 0 Å². The van der Waals surface area contributed by atoms with Gasteiger partial charge < -0.3 is 15.7 Å². The highest BCUT2D eigenvalue weighted by molar-refractivity contribution is 5.87. The number of aryl methyl sites for hydroxylation is 1. The van der Waals surface area contributed by atoms with E-state index in [1.807, 2.05) is 6.92 Å². The highest BCUT2D eigenvalue weighted by Crippen LogP contribution is 2.20. The van der Waals surface area contributed by atoms with Crippen molar-refractivity contribution in [3.8, 4) is 0 Å². The van der Waals surface area contributed by atoms with E-state index in [1.165, 1.54) is 0 Å². The van der Waals surface area contributed by atoms with Crippen LogP contribution < -0.4 is 5.32 Å². The number of hydrogen-bond donors (Lipinski definition) is 2. The van der Waals surface area contributed by atoms with E-state index in [-0.39, 0.29) is 5.48 Å². The molecule has 100 valence electrons. The molecule has 0 bridgehead atoms. The average molecular weight is 251 g/mol. The minimum absolute atomic E-state index is 0. The Labute approximate surface area is 107 Å². The van der Waals surface area contributed by atoms with Crippen LogP contribution in [0.3, 0.4) is 0 Å². The molecule has 2 aromatic heterocycles. The smallest absolute Gasteiger partial charge is 0.110 e. The van der Waals surface area contributed by atoms with E-state index in [0.717, 1.165) is 41.9 Å². The van der Waals surface area contributed by atoms with Gasteiger partial charge in [-0.15, -0.1) is 0 Å². The first-order chi connectivity index (χ1) is 8.16. The molecule has 0 saturated carbocycles. The van der Waals surface area contributed by atoms with Crippen molar-refractivity contribution in [1.29, 1.82) is 0 Å². The predicted octanol–water partition coefficient (Wildman–Crippen LogP) is 0.805. The lowest BCUT2D eigenvalue weighted by atomic mass is 10.2. The number of H-pyrrole nitrogens is 1. The van der Waals surface area contributed by atoms with E-state index in [0.29, 0.717) is 0 Å². The quantitative estimate of drug-likeness (QED) is 0.769. The number of hydrogen-bond acceptors (Lipinski definition) is 4. The van der Waals surface area contributed by atoms with E-state index in [2.05, 4.69) is 45.6 Å². The fourth-order valence-corrected chi connectivity index (χ4v) is 1.82. The van der Waals surface area contributed by atoms with E-state index >= 15 is 0 Å². The Morgan fingerprint density at radius 2 is 2.17 bits per heavy atom. The summed E-state index contributed by atoms with van der Waals surface area (Å²) in [5.74, 6) is 0. The largest absolute Gasteiger partial charge is 0.412 e. The van der Waals surface area contributed by atoms with Crippen LogP contribution in [0.4, 0.5) is 5.69 Å². The molecule has 6 nitrogen and oxygen atoms in total. The predicted molar refractivity (Wildman–Crippen MR) is 73.9 cm³/mol. The average Bonchev–Trinajstić information content (AvgIpc) is 2.71. The number of aromatic nitrogens is 3. The van der Waals surface area contributed by atoms with Gasteiger partial charge in [0.25, 0.3) is 0 Å². The van der Waals surface area contributed by atoms with Crippen molar-refractivity contribution in [2.75, 3.05) is 32.5 Å². The summed E-state index contributed by atoms with van der Waals surface area (Å²) in [4.78, 5) is 6.60. The highest BCUT2D eigenvalue weighted by Gasteiger charge is 2.05. The van der Waals surface area contributed by atoms with Gasteiger partial charge in [-0.3, -0.25) is 5.10 Å². The summed E-state index contributed by atoms with van der Waals surface area (Å²) in [6.45, 7) is 4.04. The zero-order chi connectivity index (χ0) is 12.3. The SMILES string of the molecule is Cc1cc(NCCCN(C)C)c2[nH]ncc2n1.O. The zero-order valence-electron chi connectivity index (χ0n) is 11.1. The Hall–Kier alpha value is -1.66. The third kappa shape index (κ3) is 3.41. The van der Waals surface area contributed by atoms with E-state index in [1.54, 1.807) is 6.20 Å².